The van der Waals surface area contributed by atoms with Crippen molar-refractivity contribution >= 4 is 5.91 Å². The third kappa shape index (κ3) is 3.58. The first kappa shape index (κ1) is 15.0. The zero-order valence-electron chi connectivity index (χ0n) is 12.9. The number of rotatable bonds is 6. The van der Waals surface area contributed by atoms with E-state index < -0.39 is 0 Å². The Balaban J connectivity index is 1.83. The number of amides is 1. The van der Waals surface area contributed by atoms with Crippen LogP contribution in [0.5, 0.6) is 0 Å². The largest absolute Gasteiger partial charge is 0.350 e. The lowest BCUT2D eigenvalue weighted by Crippen LogP contribution is -2.30. The van der Waals surface area contributed by atoms with Gasteiger partial charge in [0, 0.05) is 12.5 Å². The van der Waals surface area contributed by atoms with E-state index in [1.807, 2.05) is 25.5 Å². The third-order valence-electron chi connectivity index (χ3n) is 4.37. The van der Waals surface area contributed by atoms with Crippen molar-refractivity contribution in [3.8, 4) is 0 Å². The molecule has 1 aliphatic rings. The lowest BCUT2D eigenvalue weighted by Gasteiger charge is -2.16. The van der Waals surface area contributed by atoms with Crippen molar-refractivity contribution < 1.29 is 4.79 Å². The van der Waals surface area contributed by atoms with Gasteiger partial charge < -0.3 is 5.32 Å². The standard InChI is InChI=1S/C15H26N4O/c1-4-19-14(12(3)17-18-19)10-16-15(20)11(2)9-13-7-5-6-8-13/h11,13H,4-10H2,1-3H3,(H,16,20). The van der Waals surface area contributed by atoms with Gasteiger partial charge in [-0.15, -0.1) is 5.10 Å². The molecule has 1 amide bonds. The Kier molecular flexibility index (Phi) is 5.15. The Morgan fingerprint density at radius 3 is 2.80 bits per heavy atom. The summed E-state index contributed by atoms with van der Waals surface area (Å²) in [6, 6.07) is 0. The summed E-state index contributed by atoms with van der Waals surface area (Å²) in [5.74, 6) is 1.00. The molecule has 1 unspecified atom stereocenters. The maximum absolute atomic E-state index is 12.2. The average Bonchev–Trinajstić information content (AvgIpc) is 3.05. The van der Waals surface area contributed by atoms with Gasteiger partial charge in [-0.3, -0.25) is 4.79 Å². The predicted molar refractivity (Wildman–Crippen MR) is 78.0 cm³/mol. The molecule has 1 heterocycles. The number of hydrogen-bond acceptors (Lipinski definition) is 3. The molecule has 1 aliphatic carbocycles. The summed E-state index contributed by atoms with van der Waals surface area (Å²) in [5, 5.41) is 11.1. The number of carbonyl (C=O) groups is 1. The van der Waals surface area contributed by atoms with E-state index in [0.717, 1.165) is 30.3 Å². The summed E-state index contributed by atoms with van der Waals surface area (Å²) in [6.45, 7) is 7.31. The lowest BCUT2D eigenvalue weighted by molar-refractivity contribution is -0.125. The van der Waals surface area contributed by atoms with Gasteiger partial charge in [-0.05, 0) is 26.2 Å². The molecular formula is C15H26N4O. The Morgan fingerprint density at radius 1 is 1.45 bits per heavy atom. The van der Waals surface area contributed by atoms with Crippen LogP contribution < -0.4 is 5.32 Å². The first-order valence-electron chi connectivity index (χ1n) is 7.78. The van der Waals surface area contributed by atoms with Gasteiger partial charge in [0.25, 0.3) is 0 Å². The van der Waals surface area contributed by atoms with Crippen LogP contribution in [0.25, 0.3) is 0 Å². The van der Waals surface area contributed by atoms with Crippen molar-refractivity contribution in [1.29, 1.82) is 0 Å². The molecule has 5 nitrogen and oxygen atoms in total. The first-order chi connectivity index (χ1) is 9.61. The SMILES string of the molecule is CCn1nnc(C)c1CNC(=O)C(C)CC1CCCC1. The maximum Gasteiger partial charge on any atom is 0.223 e. The van der Waals surface area contributed by atoms with Crippen LogP contribution in [0.2, 0.25) is 0 Å². The molecule has 1 fully saturated rings. The van der Waals surface area contributed by atoms with Crippen LogP contribution in [0.1, 0.15) is 57.3 Å². The number of nitrogens with zero attached hydrogens (tertiary/aromatic N) is 3. The fourth-order valence-corrected chi connectivity index (χ4v) is 3.09. The molecule has 1 N–H and O–H groups in total. The van der Waals surface area contributed by atoms with Gasteiger partial charge in [0.1, 0.15) is 0 Å². The molecule has 0 bridgehead atoms. The normalized spacial score (nSPS) is 17.4. The molecule has 0 radical (unpaired) electrons. The fourth-order valence-electron chi connectivity index (χ4n) is 3.09. The molecule has 5 heteroatoms. The lowest BCUT2D eigenvalue weighted by atomic mass is 9.94. The van der Waals surface area contributed by atoms with Gasteiger partial charge in [-0.2, -0.15) is 0 Å². The molecule has 1 aromatic rings. The highest BCUT2D eigenvalue weighted by molar-refractivity contribution is 5.78. The minimum absolute atomic E-state index is 0.101. The summed E-state index contributed by atoms with van der Waals surface area (Å²) < 4.78 is 1.84. The van der Waals surface area contributed by atoms with Crippen LogP contribution in [0, 0.1) is 18.8 Å². The number of aryl methyl sites for hydroxylation is 2. The Morgan fingerprint density at radius 2 is 2.15 bits per heavy atom. The monoisotopic (exact) mass is 278 g/mol. The van der Waals surface area contributed by atoms with Crippen LogP contribution in [0.15, 0.2) is 0 Å². The summed E-state index contributed by atoms with van der Waals surface area (Å²) in [7, 11) is 0. The molecule has 0 saturated heterocycles. The van der Waals surface area contributed by atoms with E-state index in [0.29, 0.717) is 6.54 Å². The van der Waals surface area contributed by atoms with Crippen LogP contribution in [-0.4, -0.2) is 20.9 Å². The molecular weight excluding hydrogens is 252 g/mol. The Bertz CT molecular complexity index is 449. The molecule has 1 atom stereocenters. The van der Waals surface area contributed by atoms with Crippen molar-refractivity contribution in [2.75, 3.05) is 0 Å². The quantitative estimate of drug-likeness (QED) is 0.869. The summed E-state index contributed by atoms with van der Waals surface area (Å²) >= 11 is 0. The van der Waals surface area contributed by atoms with Crippen molar-refractivity contribution in [3.63, 3.8) is 0 Å². The van der Waals surface area contributed by atoms with E-state index in [9.17, 15) is 4.79 Å². The van der Waals surface area contributed by atoms with E-state index in [4.69, 9.17) is 0 Å². The molecule has 0 aromatic carbocycles. The van der Waals surface area contributed by atoms with Gasteiger partial charge in [0.05, 0.1) is 17.9 Å². The van der Waals surface area contributed by atoms with Crippen molar-refractivity contribution in [2.24, 2.45) is 11.8 Å². The highest BCUT2D eigenvalue weighted by Crippen LogP contribution is 2.30. The summed E-state index contributed by atoms with van der Waals surface area (Å²) in [6.07, 6.45) is 6.28. The van der Waals surface area contributed by atoms with Gasteiger partial charge in [0.2, 0.25) is 5.91 Å². The first-order valence-corrected chi connectivity index (χ1v) is 7.78. The van der Waals surface area contributed by atoms with E-state index in [1.54, 1.807) is 0 Å². The van der Waals surface area contributed by atoms with E-state index >= 15 is 0 Å². The molecule has 0 spiro atoms. The number of hydrogen-bond donors (Lipinski definition) is 1. The topological polar surface area (TPSA) is 59.8 Å². The zero-order chi connectivity index (χ0) is 14.5. The van der Waals surface area contributed by atoms with Crippen molar-refractivity contribution in [1.82, 2.24) is 20.3 Å². The van der Waals surface area contributed by atoms with E-state index in [1.165, 1.54) is 25.7 Å². The predicted octanol–water partition coefficient (Wildman–Crippen LogP) is 2.44. The summed E-state index contributed by atoms with van der Waals surface area (Å²) in [5.41, 5.74) is 1.91. The smallest absolute Gasteiger partial charge is 0.223 e. The molecule has 112 valence electrons. The molecule has 2 rings (SSSR count). The fraction of sp³-hybridized carbons (Fsp3) is 0.800. The molecule has 1 saturated carbocycles. The number of carbonyl (C=O) groups excluding carboxylic acids is 1. The second kappa shape index (κ2) is 6.86. The van der Waals surface area contributed by atoms with Crippen LogP contribution in [-0.2, 0) is 17.9 Å². The minimum Gasteiger partial charge on any atom is -0.350 e. The number of aromatic nitrogens is 3. The average molecular weight is 278 g/mol. The Hall–Kier alpha value is -1.39. The minimum atomic E-state index is 0.101. The van der Waals surface area contributed by atoms with Gasteiger partial charge in [-0.1, -0.05) is 37.8 Å². The van der Waals surface area contributed by atoms with Gasteiger partial charge in [0.15, 0.2) is 0 Å². The third-order valence-corrected chi connectivity index (χ3v) is 4.37. The van der Waals surface area contributed by atoms with Crippen molar-refractivity contribution in [2.45, 2.75) is 66.0 Å². The Labute approximate surface area is 121 Å². The second-order valence-electron chi connectivity index (χ2n) is 5.94. The van der Waals surface area contributed by atoms with Crippen molar-refractivity contribution in [3.05, 3.63) is 11.4 Å². The van der Waals surface area contributed by atoms with E-state index in [-0.39, 0.29) is 11.8 Å². The van der Waals surface area contributed by atoms with E-state index in [2.05, 4.69) is 15.6 Å². The van der Waals surface area contributed by atoms with Gasteiger partial charge in [-0.25, -0.2) is 4.68 Å². The second-order valence-corrected chi connectivity index (χ2v) is 5.94. The van der Waals surface area contributed by atoms with Crippen LogP contribution >= 0.6 is 0 Å². The summed E-state index contributed by atoms with van der Waals surface area (Å²) in [4.78, 5) is 12.2. The molecule has 20 heavy (non-hydrogen) atoms. The van der Waals surface area contributed by atoms with Crippen LogP contribution in [0.4, 0.5) is 0 Å². The van der Waals surface area contributed by atoms with Crippen LogP contribution in [0.3, 0.4) is 0 Å². The highest BCUT2D eigenvalue weighted by atomic mass is 16.1. The highest BCUT2D eigenvalue weighted by Gasteiger charge is 2.22. The maximum atomic E-state index is 12.2. The molecule has 1 aromatic heterocycles. The molecule has 0 aliphatic heterocycles. The van der Waals surface area contributed by atoms with Gasteiger partial charge >= 0.3 is 0 Å². The zero-order valence-corrected chi connectivity index (χ0v) is 12.9. The number of nitrogens with one attached hydrogen (secondary N) is 1.